The molecule has 0 amide bonds. The molecule has 0 heterocycles. The number of esters is 1. The van der Waals surface area contributed by atoms with E-state index in [4.69, 9.17) is 16.3 Å². The number of nitrogens with one attached hydrogen (secondary N) is 1. The topological polar surface area (TPSA) is 113 Å². The largest absolute Gasteiger partial charge is 0.505 e. The summed E-state index contributed by atoms with van der Waals surface area (Å²) in [5.41, 5.74) is 0.577. The number of halogens is 1. The summed E-state index contributed by atoms with van der Waals surface area (Å²) >= 11 is 6.26. The normalized spacial score (nSPS) is 13.3. The molecule has 4 rings (SSSR count). The second-order valence-electron chi connectivity index (χ2n) is 7.68. The number of anilines is 1. The molecule has 7 nitrogen and oxygen atoms in total. The van der Waals surface area contributed by atoms with E-state index in [0.717, 1.165) is 23.3 Å². The fraction of sp³-hybridized carbons (Fsp3) is 0.115. The summed E-state index contributed by atoms with van der Waals surface area (Å²) in [6, 6.07) is 17.2. The van der Waals surface area contributed by atoms with Crippen LogP contribution >= 0.6 is 11.6 Å². The first-order chi connectivity index (χ1) is 16.4. The third-order valence-electron chi connectivity index (χ3n) is 5.38. The van der Waals surface area contributed by atoms with Crippen molar-refractivity contribution in [1.29, 1.82) is 0 Å². The highest BCUT2D eigenvalue weighted by atomic mass is 35.5. The van der Waals surface area contributed by atoms with Gasteiger partial charge in [-0.1, -0.05) is 72.3 Å². The van der Waals surface area contributed by atoms with Crippen molar-refractivity contribution in [3.63, 3.8) is 0 Å². The summed E-state index contributed by atoms with van der Waals surface area (Å²) in [5.74, 6) is -3.26. The smallest absolute Gasteiger partial charge is 0.329 e. The zero-order valence-corrected chi connectivity index (χ0v) is 18.6. The predicted molar refractivity (Wildman–Crippen MR) is 126 cm³/mol. The van der Waals surface area contributed by atoms with E-state index in [2.05, 4.69) is 5.32 Å². The maximum Gasteiger partial charge on any atom is 0.329 e. The number of carbonyl (C=O) groups excluding carboxylic acids is 3. The molecular formula is C26H20ClNO6. The minimum atomic E-state index is -1.03. The molecule has 1 aliphatic carbocycles. The van der Waals surface area contributed by atoms with Gasteiger partial charge in [0, 0.05) is 6.42 Å². The standard InChI is InChI=1S/C26H20ClNO6/c27-22-23(25(32)21-19(30)12-11-18(29)20(21)24(22)31)28-17(13-15-7-3-1-4-8-15)26(33)34-14-16-9-5-2-6-10-16/h1-12,17,28,31-32H,13-14H2. The molecule has 1 aliphatic rings. The molecule has 172 valence electrons. The Balaban J connectivity index is 1.68. The van der Waals surface area contributed by atoms with Crippen LogP contribution in [0.2, 0.25) is 5.02 Å². The number of benzene rings is 3. The lowest BCUT2D eigenvalue weighted by atomic mass is 9.92. The number of aromatic hydroxyl groups is 2. The molecular weight excluding hydrogens is 458 g/mol. The van der Waals surface area contributed by atoms with Crippen molar-refractivity contribution in [2.24, 2.45) is 0 Å². The Labute approximate surface area is 200 Å². The molecule has 8 heteroatoms. The first-order valence-corrected chi connectivity index (χ1v) is 10.8. The van der Waals surface area contributed by atoms with Crippen LogP contribution in [0.3, 0.4) is 0 Å². The molecule has 0 spiro atoms. The maximum atomic E-state index is 13.0. The van der Waals surface area contributed by atoms with Crippen LogP contribution < -0.4 is 5.32 Å². The first-order valence-electron chi connectivity index (χ1n) is 10.4. The number of allylic oxidation sites excluding steroid dienone is 2. The molecule has 3 N–H and O–H groups in total. The third-order valence-corrected chi connectivity index (χ3v) is 5.74. The second-order valence-corrected chi connectivity index (χ2v) is 8.06. The molecule has 34 heavy (non-hydrogen) atoms. The average molecular weight is 478 g/mol. The van der Waals surface area contributed by atoms with Gasteiger partial charge in [-0.25, -0.2) is 4.79 Å². The fourth-order valence-corrected chi connectivity index (χ4v) is 3.91. The highest BCUT2D eigenvalue weighted by Crippen LogP contribution is 2.46. The van der Waals surface area contributed by atoms with E-state index in [9.17, 15) is 24.6 Å². The highest BCUT2D eigenvalue weighted by Gasteiger charge is 2.33. The van der Waals surface area contributed by atoms with E-state index in [1.54, 1.807) is 0 Å². The Hall–Kier alpha value is -4.10. The zero-order chi connectivity index (χ0) is 24.2. The lowest BCUT2D eigenvalue weighted by Crippen LogP contribution is -2.34. The third kappa shape index (κ3) is 4.65. The lowest BCUT2D eigenvalue weighted by molar-refractivity contribution is -0.145. The van der Waals surface area contributed by atoms with Crippen LogP contribution in [0.1, 0.15) is 31.8 Å². The average Bonchev–Trinajstić information content (AvgIpc) is 2.85. The van der Waals surface area contributed by atoms with E-state index in [1.165, 1.54) is 0 Å². The number of phenolic OH excluding ortho intramolecular Hbond substituents is 2. The summed E-state index contributed by atoms with van der Waals surface area (Å²) < 4.78 is 5.47. The first kappa shape index (κ1) is 23.1. The van der Waals surface area contributed by atoms with Gasteiger partial charge in [-0.05, 0) is 23.3 Å². The van der Waals surface area contributed by atoms with Gasteiger partial charge in [-0.3, -0.25) is 9.59 Å². The SMILES string of the molecule is O=C1C=CC(=O)c2c(O)c(NC(Cc3ccccc3)C(=O)OCc3ccccc3)c(Cl)c(O)c21. The van der Waals surface area contributed by atoms with Crippen molar-refractivity contribution in [3.8, 4) is 11.5 Å². The number of hydrogen-bond donors (Lipinski definition) is 3. The highest BCUT2D eigenvalue weighted by molar-refractivity contribution is 6.37. The second kappa shape index (κ2) is 9.80. The van der Waals surface area contributed by atoms with Crippen molar-refractivity contribution < 1.29 is 29.3 Å². The van der Waals surface area contributed by atoms with Gasteiger partial charge < -0.3 is 20.3 Å². The molecule has 3 aromatic carbocycles. The van der Waals surface area contributed by atoms with Crippen LogP contribution in [0.25, 0.3) is 0 Å². The van der Waals surface area contributed by atoms with Gasteiger partial charge in [-0.2, -0.15) is 0 Å². The summed E-state index contributed by atoms with van der Waals surface area (Å²) in [4.78, 5) is 37.6. The lowest BCUT2D eigenvalue weighted by Gasteiger charge is -2.23. The molecule has 1 atom stereocenters. The van der Waals surface area contributed by atoms with E-state index in [1.807, 2.05) is 60.7 Å². The summed E-state index contributed by atoms with van der Waals surface area (Å²) in [6.07, 6.45) is 2.15. The van der Waals surface area contributed by atoms with Gasteiger partial charge in [-0.15, -0.1) is 0 Å². The molecule has 1 unspecified atom stereocenters. The molecule has 0 fully saturated rings. The fourth-order valence-electron chi connectivity index (χ4n) is 3.67. The molecule has 0 aromatic heterocycles. The maximum absolute atomic E-state index is 13.0. The van der Waals surface area contributed by atoms with E-state index >= 15 is 0 Å². The van der Waals surface area contributed by atoms with Crippen molar-refractivity contribution in [2.75, 3.05) is 5.32 Å². The van der Waals surface area contributed by atoms with Crippen LogP contribution in [-0.4, -0.2) is 33.8 Å². The number of ketones is 2. The van der Waals surface area contributed by atoms with E-state index in [-0.39, 0.29) is 34.9 Å². The predicted octanol–water partition coefficient (Wildman–Crippen LogP) is 4.45. The molecule has 0 bridgehead atoms. The molecule has 3 aromatic rings. The molecule has 0 saturated carbocycles. The monoisotopic (exact) mass is 477 g/mol. The van der Waals surface area contributed by atoms with Crippen LogP contribution in [0, 0.1) is 0 Å². The van der Waals surface area contributed by atoms with Crippen molar-refractivity contribution in [2.45, 2.75) is 19.1 Å². The number of rotatable bonds is 7. The number of ether oxygens (including phenoxy) is 1. The van der Waals surface area contributed by atoms with Crippen LogP contribution in [0.4, 0.5) is 5.69 Å². The van der Waals surface area contributed by atoms with Gasteiger partial charge in [0.1, 0.15) is 29.1 Å². The van der Waals surface area contributed by atoms with Gasteiger partial charge in [0.25, 0.3) is 0 Å². The van der Waals surface area contributed by atoms with Gasteiger partial charge in [0.2, 0.25) is 0 Å². The molecule has 0 radical (unpaired) electrons. The Kier molecular flexibility index (Phi) is 6.65. The summed E-state index contributed by atoms with van der Waals surface area (Å²) in [6.45, 7) is 0.0274. The molecule has 0 saturated heterocycles. The Bertz CT molecular complexity index is 1290. The minimum absolute atomic E-state index is 0.0274. The Morgan fingerprint density at radius 2 is 1.38 bits per heavy atom. The van der Waals surface area contributed by atoms with Gasteiger partial charge >= 0.3 is 5.97 Å². The number of fused-ring (bicyclic) bond motifs is 1. The quantitative estimate of drug-likeness (QED) is 0.262. The summed E-state index contributed by atoms with van der Waals surface area (Å²) in [5, 5.41) is 23.8. The summed E-state index contributed by atoms with van der Waals surface area (Å²) in [7, 11) is 0. The van der Waals surface area contributed by atoms with Crippen LogP contribution in [0.5, 0.6) is 11.5 Å². The van der Waals surface area contributed by atoms with Crippen molar-refractivity contribution >= 4 is 34.8 Å². The Morgan fingerprint density at radius 3 is 1.97 bits per heavy atom. The van der Waals surface area contributed by atoms with E-state index in [0.29, 0.717) is 0 Å². The van der Waals surface area contributed by atoms with Crippen LogP contribution in [0.15, 0.2) is 72.8 Å². The Morgan fingerprint density at radius 1 is 0.853 bits per heavy atom. The van der Waals surface area contributed by atoms with Gasteiger partial charge in [0.05, 0.1) is 11.1 Å². The zero-order valence-electron chi connectivity index (χ0n) is 17.8. The van der Waals surface area contributed by atoms with Crippen molar-refractivity contribution in [1.82, 2.24) is 0 Å². The number of carbonyl (C=O) groups is 3. The van der Waals surface area contributed by atoms with Crippen LogP contribution in [-0.2, 0) is 22.6 Å². The minimum Gasteiger partial charge on any atom is -0.505 e. The van der Waals surface area contributed by atoms with Crippen molar-refractivity contribution in [3.05, 3.63) is 100 Å². The van der Waals surface area contributed by atoms with Gasteiger partial charge in [0.15, 0.2) is 17.3 Å². The molecule has 0 aliphatic heterocycles. The number of phenols is 2. The number of hydrogen-bond acceptors (Lipinski definition) is 7. The van der Waals surface area contributed by atoms with E-state index < -0.39 is 35.1 Å².